The van der Waals surface area contributed by atoms with E-state index in [1.807, 2.05) is 25.1 Å². The first-order valence-electron chi connectivity index (χ1n) is 8.62. The number of alkyl halides is 2. The summed E-state index contributed by atoms with van der Waals surface area (Å²) < 4.78 is 26.6. The zero-order valence-electron chi connectivity index (χ0n) is 14.6. The molecule has 1 aromatic heterocycles. The number of guanidine groups is 1. The SMILES string of the molecule is CCNC(=NCc1nccn1C(F)F)NCC1(c2cccc(Cl)c2)CC1. The number of hydrogen-bond acceptors (Lipinski definition) is 2. The molecular weight excluding hydrogens is 360 g/mol. The van der Waals surface area contributed by atoms with Gasteiger partial charge in [-0.1, -0.05) is 23.7 Å². The van der Waals surface area contributed by atoms with E-state index in [-0.39, 0.29) is 17.8 Å². The third-order valence-electron chi connectivity index (χ3n) is 4.57. The van der Waals surface area contributed by atoms with Crippen molar-refractivity contribution < 1.29 is 8.78 Å². The van der Waals surface area contributed by atoms with E-state index >= 15 is 0 Å². The second kappa shape index (κ2) is 8.03. The highest BCUT2D eigenvalue weighted by atomic mass is 35.5. The van der Waals surface area contributed by atoms with Crippen molar-refractivity contribution in [1.29, 1.82) is 0 Å². The van der Waals surface area contributed by atoms with Crippen LogP contribution in [0.4, 0.5) is 8.78 Å². The quantitative estimate of drug-likeness (QED) is 0.567. The van der Waals surface area contributed by atoms with Crippen molar-refractivity contribution >= 4 is 17.6 Å². The molecular formula is C18H22ClF2N5. The Hall–Kier alpha value is -2.15. The Kier molecular flexibility index (Phi) is 5.76. The molecule has 0 saturated heterocycles. The average molecular weight is 382 g/mol. The Morgan fingerprint density at radius 2 is 2.19 bits per heavy atom. The smallest absolute Gasteiger partial charge is 0.319 e. The first-order chi connectivity index (χ1) is 12.5. The molecule has 0 atom stereocenters. The van der Waals surface area contributed by atoms with Crippen molar-refractivity contribution in [3.63, 3.8) is 0 Å². The summed E-state index contributed by atoms with van der Waals surface area (Å²) in [5.41, 5.74) is 1.27. The number of halogens is 3. The van der Waals surface area contributed by atoms with E-state index in [4.69, 9.17) is 11.6 Å². The lowest BCUT2D eigenvalue weighted by Gasteiger charge is -2.19. The Morgan fingerprint density at radius 3 is 2.85 bits per heavy atom. The molecule has 26 heavy (non-hydrogen) atoms. The van der Waals surface area contributed by atoms with Crippen LogP contribution in [-0.2, 0) is 12.0 Å². The van der Waals surface area contributed by atoms with Crippen LogP contribution >= 0.6 is 11.6 Å². The minimum Gasteiger partial charge on any atom is -0.357 e. The second-order valence-corrected chi connectivity index (χ2v) is 6.80. The van der Waals surface area contributed by atoms with E-state index in [1.165, 1.54) is 18.0 Å². The van der Waals surface area contributed by atoms with Crippen LogP contribution in [0.25, 0.3) is 0 Å². The normalized spacial score (nSPS) is 16.0. The standard InChI is InChI=1S/C18H22ClF2N5/c1-2-22-17(24-11-15-23-8-9-26(15)16(20)21)25-12-18(6-7-18)13-4-3-5-14(19)10-13/h3-5,8-10,16H,2,6-7,11-12H2,1H3,(H2,22,24,25). The fraction of sp³-hybridized carbons (Fsp3) is 0.444. The third kappa shape index (κ3) is 4.33. The van der Waals surface area contributed by atoms with Crippen LogP contribution in [0.15, 0.2) is 41.7 Å². The second-order valence-electron chi connectivity index (χ2n) is 6.37. The summed E-state index contributed by atoms with van der Waals surface area (Å²) in [6.07, 6.45) is 4.77. The lowest BCUT2D eigenvalue weighted by Crippen LogP contribution is -2.41. The van der Waals surface area contributed by atoms with Gasteiger partial charge < -0.3 is 10.6 Å². The molecule has 1 heterocycles. The summed E-state index contributed by atoms with van der Waals surface area (Å²) in [6.45, 7) is 0.815. The Morgan fingerprint density at radius 1 is 1.38 bits per heavy atom. The molecule has 0 unspecified atom stereocenters. The first-order valence-corrected chi connectivity index (χ1v) is 9.00. The van der Waals surface area contributed by atoms with Crippen LogP contribution < -0.4 is 10.6 Å². The van der Waals surface area contributed by atoms with Gasteiger partial charge in [-0.25, -0.2) is 9.98 Å². The average Bonchev–Trinajstić information content (AvgIpc) is 3.26. The number of imidazole rings is 1. The van der Waals surface area contributed by atoms with E-state index in [9.17, 15) is 8.78 Å². The maximum absolute atomic E-state index is 12.9. The number of aliphatic imine (C=N–C) groups is 1. The number of aromatic nitrogens is 2. The van der Waals surface area contributed by atoms with Gasteiger partial charge in [0.25, 0.3) is 0 Å². The van der Waals surface area contributed by atoms with Gasteiger partial charge in [0.1, 0.15) is 12.4 Å². The predicted molar refractivity (Wildman–Crippen MR) is 98.7 cm³/mol. The largest absolute Gasteiger partial charge is 0.357 e. The molecule has 140 valence electrons. The molecule has 1 aromatic carbocycles. The number of nitrogens with zero attached hydrogens (tertiary/aromatic N) is 3. The van der Waals surface area contributed by atoms with E-state index in [0.29, 0.717) is 19.0 Å². The van der Waals surface area contributed by atoms with E-state index in [1.54, 1.807) is 0 Å². The van der Waals surface area contributed by atoms with Gasteiger partial charge in [-0.15, -0.1) is 0 Å². The van der Waals surface area contributed by atoms with Gasteiger partial charge in [-0.2, -0.15) is 8.78 Å². The van der Waals surface area contributed by atoms with Crippen molar-refractivity contribution in [2.45, 2.75) is 38.3 Å². The third-order valence-corrected chi connectivity index (χ3v) is 4.80. The van der Waals surface area contributed by atoms with Crippen LogP contribution in [0.5, 0.6) is 0 Å². The molecule has 2 N–H and O–H groups in total. The highest BCUT2D eigenvalue weighted by molar-refractivity contribution is 6.30. The maximum Gasteiger partial charge on any atom is 0.319 e. The fourth-order valence-corrected chi connectivity index (χ4v) is 3.12. The van der Waals surface area contributed by atoms with Gasteiger partial charge in [-0.3, -0.25) is 4.57 Å². The van der Waals surface area contributed by atoms with Gasteiger partial charge in [0, 0.05) is 35.9 Å². The molecule has 0 amide bonds. The van der Waals surface area contributed by atoms with Crippen LogP contribution in [0.3, 0.4) is 0 Å². The number of rotatable bonds is 7. The number of hydrogen-bond donors (Lipinski definition) is 2. The molecule has 1 fully saturated rings. The molecule has 3 rings (SSSR count). The van der Waals surface area contributed by atoms with Gasteiger partial charge >= 0.3 is 6.55 Å². The van der Waals surface area contributed by atoms with Crippen LogP contribution in [0.2, 0.25) is 5.02 Å². The molecule has 0 bridgehead atoms. The van der Waals surface area contributed by atoms with Crippen molar-refractivity contribution in [2.75, 3.05) is 13.1 Å². The van der Waals surface area contributed by atoms with Gasteiger partial charge in [-0.05, 0) is 37.5 Å². The fourth-order valence-electron chi connectivity index (χ4n) is 2.93. The molecule has 0 spiro atoms. The lowest BCUT2D eigenvalue weighted by atomic mass is 9.96. The van der Waals surface area contributed by atoms with E-state index < -0.39 is 6.55 Å². The minimum atomic E-state index is -2.61. The molecule has 8 heteroatoms. The summed E-state index contributed by atoms with van der Waals surface area (Å²) in [5, 5.41) is 7.20. The Labute approximate surface area is 156 Å². The monoisotopic (exact) mass is 381 g/mol. The van der Waals surface area contributed by atoms with Crippen molar-refractivity contribution in [3.05, 3.63) is 53.1 Å². The highest BCUT2D eigenvalue weighted by Crippen LogP contribution is 2.48. The summed E-state index contributed by atoms with van der Waals surface area (Å²) in [5.74, 6) is 0.817. The summed E-state index contributed by atoms with van der Waals surface area (Å²) in [4.78, 5) is 8.35. The van der Waals surface area contributed by atoms with Crippen molar-refractivity contribution in [3.8, 4) is 0 Å². The molecule has 1 aliphatic carbocycles. The Bertz CT molecular complexity index is 770. The van der Waals surface area contributed by atoms with Crippen molar-refractivity contribution in [2.24, 2.45) is 4.99 Å². The topological polar surface area (TPSA) is 54.2 Å². The van der Waals surface area contributed by atoms with E-state index in [2.05, 4.69) is 26.7 Å². The zero-order chi connectivity index (χ0) is 18.6. The molecule has 2 aromatic rings. The highest BCUT2D eigenvalue weighted by Gasteiger charge is 2.44. The van der Waals surface area contributed by atoms with Crippen LogP contribution in [0.1, 0.15) is 37.7 Å². The predicted octanol–water partition coefficient (Wildman–Crippen LogP) is 3.72. The number of nitrogens with one attached hydrogen (secondary N) is 2. The molecule has 0 radical (unpaired) electrons. The van der Waals surface area contributed by atoms with Crippen LogP contribution in [-0.4, -0.2) is 28.6 Å². The first kappa shape index (κ1) is 18.6. The van der Waals surface area contributed by atoms with Crippen LogP contribution in [0, 0.1) is 0 Å². The lowest BCUT2D eigenvalue weighted by molar-refractivity contribution is 0.0671. The minimum absolute atomic E-state index is 0.0581. The molecule has 1 saturated carbocycles. The zero-order valence-corrected chi connectivity index (χ0v) is 15.3. The summed E-state index contributed by atoms with van der Waals surface area (Å²) in [6, 6.07) is 7.91. The van der Waals surface area contributed by atoms with Gasteiger partial charge in [0.05, 0.1) is 0 Å². The molecule has 5 nitrogen and oxygen atoms in total. The maximum atomic E-state index is 12.9. The van der Waals surface area contributed by atoms with Crippen molar-refractivity contribution in [1.82, 2.24) is 20.2 Å². The number of benzene rings is 1. The molecule has 1 aliphatic rings. The van der Waals surface area contributed by atoms with Gasteiger partial charge in [0.15, 0.2) is 5.96 Å². The Balaban J connectivity index is 1.66. The van der Waals surface area contributed by atoms with E-state index in [0.717, 1.165) is 22.4 Å². The summed E-state index contributed by atoms with van der Waals surface area (Å²) >= 11 is 6.11. The molecule has 0 aliphatic heterocycles. The summed E-state index contributed by atoms with van der Waals surface area (Å²) in [7, 11) is 0. The van der Waals surface area contributed by atoms with Gasteiger partial charge in [0.2, 0.25) is 0 Å².